The molecule has 0 aliphatic carbocycles. The number of carbonyl (C=O) groups excluding carboxylic acids is 1. The van der Waals surface area contributed by atoms with Gasteiger partial charge in [-0.3, -0.25) is 4.79 Å². The van der Waals surface area contributed by atoms with Crippen LogP contribution in [0.5, 0.6) is 11.5 Å². The summed E-state index contributed by atoms with van der Waals surface area (Å²) in [4.78, 5) is 24.0. The van der Waals surface area contributed by atoms with Gasteiger partial charge in [-0.25, -0.2) is 4.79 Å². The van der Waals surface area contributed by atoms with Crippen LogP contribution in [0.4, 0.5) is 0 Å². The van der Waals surface area contributed by atoms with Crippen molar-refractivity contribution in [2.45, 2.75) is 45.8 Å². The van der Waals surface area contributed by atoms with Crippen LogP contribution < -0.4 is 15.1 Å². The summed E-state index contributed by atoms with van der Waals surface area (Å²) < 4.78 is 27.8. The van der Waals surface area contributed by atoms with Crippen LogP contribution in [0.1, 0.15) is 34.1 Å². The third kappa shape index (κ3) is 4.43. The molecule has 0 aliphatic heterocycles. The second kappa shape index (κ2) is 8.39. The minimum Gasteiger partial charge on any atom is -0.495 e. The van der Waals surface area contributed by atoms with Crippen LogP contribution in [-0.4, -0.2) is 36.5 Å². The third-order valence-electron chi connectivity index (χ3n) is 4.62. The Labute approximate surface area is 173 Å². The Morgan fingerprint density at radius 3 is 2.47 bits per heavy atom. The van der Waals surface area contributed by atoms with Crippen molar-refractivity contribution in [3.05, 3.63) is 34.9 Å². The second-order valence-electron chi connectivity index (χ2n) is 8.06. The highest BCUT2D eigenvalue weighted by Gasteiger charge is 2.32. The van der Waals surface area contributed by atoms with E-state index in [2.05, 4.69) is 0 Å². The maximum Gasteiger partial charge on any atom is 0.336 e. The van der Waals surface area contributed by atoms with Crippen LogP contribution in [0.3, 0.4) is 0 Å². The standard InChI is InChI=1S/C22H26O8/c1-12(2)10-17(24)29-15(22(3,4)25)11-28-21-19-14(8-9-27-19)18(26-5)13-6-7-16(23)30-20(13)21/h6-9,12,15,25H,10-11H2,1-5H3/t15-/m1/s1. The lowest BCUT2D eigenvalue weighted by Gasteiger charge is -2.29. The number of esters is 1. The van der Waals surface area contributed by atoms with Gasteiger partial charge < -0.3 is 28.2 Å². The Morgan fingerprint density at radius 2 is 1.83 bits per heavy atom. The molecule has 2 aromatic heterocycles. The van der Waals surface area contributed by atoms with E-state index in [-0.39, 0.29) is 30.3 Å². The lowest BCUT2D eigenvalue weighted by atomic mass is 10.0. The number of carbonyl (C=O) groups is 1. The first-order valence-corrected chi connectivity index (χ1v) is 9.67. The SMILES string of the molecule is COc1c2ccoc2c(OC[C@@H](OC(=O)CC(C)C)C(C)(C)O)c2oc(=O)ccc12. The molecule has 30 heavy (non-hydrogen) atoms. The minimum absolute atomic E-state index is 0.114. The number of methoxy groups -OCH3 is 1. The van der Waals surface area contributed by atoms with Gasteiger partial charge in [0.05, 0.1) is 29.7 Å². The molecule has 8 nitrogen and oxygen atoms in total. The fraction of sp³-hybridized carbons (Fsp3) is 0.455. The minimum atomic E-state index is -1.36. The molecule has 1 atom stereocenters. The van der Waals surface area contributed by atoms with E-state index in [1.807, 2.05) is 13.8 Å². The van der Waals surface area contributed by atoms with E-state index in [0.717, 1.165) is 0 Å². The summed E-state index contributed by atoms with van der Waals surface area (Å²) in [6.07, 6.45) is 0.726. The second-order valence-corrected chi connectivity index (χ2v) is 8.06. The molecule has 0 saturated heterocycles. The van der Waals surface area contributed by atoms with Crippen LogP contribution in [0.25, 0.3) is 21.9 Å². The molecule has 2 heterocycles. The lowest BCUT2D eigenvalue weighted by Crippen LogP contribution is -2.44. The average molecular weight is 418 g/mol. The van der Waals surface area contributed by atoms with Crippen molar-refractivity contribution in [2.75, 3.05) is 13.7 Å². The number of aliphatic hydroxyl groups is 1. The van der Waals surface area contributed by atoms with Crippen molar-refractivity contribution in [3.8, 4) is 11.5 Å². The Morgan fingerprint density at radius 1 is 1.13 bits per heavy atom. The number of hydrogen-bond donors (Lipinski definition) is 1. The highest BCUT2D eigenvalue weighted by Crippen LogP contribution is 2.42. The van der Waals surface area contributed by atoms with Gasteiger partial charge in [-0.15, -0.1) is 0 Å². The third-order valence-corrected chi connectivity index (χ3v) is 4.62. The fourth-order valence-electron chi connectivity index (χ4n) is 3.11. The molecule has 1 aromatic carbocycles. The molecule has 0 aliphatic rings. The van der Waals surface area contributed by atoms with E-state index in [9.17, 15) is 14.7 Å². The predicted octanol–water partition coefficient (Wildman–Crippen LogP) is 3.66. The highest BCUT2D eigenvalue weighted by atomic mass is 16.6. The number of furan rings is 1. The topological polar surface area (TPSA) is 108 Å². The Balaban J connectivity index is 2.01. The highest BCUT2D eigenvalue weighted by molar-refractivity contribution is 6.06. The summed E-state index contributed by atoms with van der Waals surface area (Å²) in [5.41, 5.74) is -1.47. The molecule has 8 heteroatoms. The van der Waals surface area contributed by atoms with E-state index in [1.54, 1.807) is 12.1 Å². The molecular formula is C22H26O8. The summed E-state index contributed by atoms with van der Waals surface area (Å²) in [6.45, 7) is 6.67. The van der Waals surface area contributed by atoms with Crippen molar-refractivity contribution in [3.63, 3.8) is 0 Å². The summed E-state index contributed by atoms with van der Waals surface area (Å²) in [6, 6.07) is 4.57. The maximum absolute atomic E-state index is 12.1. The van der Waals surface area contributed by atoms with E-state index in [0.29, 0.717) is 22.1 Å². The van der Waals surface area contributed by atoms with Gasteiger partial charge in [0, 0.05) is 12.5 Å². The molecule has 162 valence electrons. The van der Waals surface area contributed by atoms with Gasteiger partial charge in [0.25, 0.3) is 0 Å². The Hall–Kier alpha value is -3.00. The van der Waals surface area contributed by atoms with Crippen LogP contribution in [0.2, 0.25) is 0 Å². The molecule has 0 spiro atoms. The lowest BCUT2D eigenvalue weighted by molar-refractivity contribution is -0.166. The molecule has 0 bridgehead atoms. The number of hydrogen-bond acceptors (Lipinski definition) is 8. The molecule has 0 unspecified atom stereocenters. The fourth-order valence-corrected chi connectivity index (χ4v) is 3.11. The van der Waals surface area contributed by atoms with Crippen molar-refractivity contribution >= 4 is 27.9 Å². The van der Waals surface area contributed by atoms with Crippen LogP contribution in [0.15, 0.2) is 38.1 Å². The first kappa shape index (κ1) is 21.7. The van der Waals surface area contributed by atoms with Crippen molar-refractivity contribution < 1.29 is 32.9 Å². The van der Waals surface area contributed by atoms with Crippen LogP contribution in [-0.2, 0) is 9.53 Å². The summed E-state index contributed by atoms with van der Waals surface area (Å²) in [5.74, 6) is 0.323. The zero-order valence-corrected chi connectivity index (χ0v) is 17.7. The van der Waals surface area contributed by atoms with Gasteiger partial charge in [-0.2, -0.15) is 0 Å². The van der Waals surface area contributed by atoms with E-state index >= 15 is 0 Å². The summed E-state index contributed by atoms with van der Waals surface area (Å²) in [5, 5.41) is 11.6. The van der Waals surface area contributed by atoms with Gasteiger partial charge in [0.1, 0.15) is 12.4 Å². The molecule has 0 fully saturated rings. The zero-order valence-electron chi connectivity index (χ0n) is 17.7. The number of benzene rings is 1. The first-order chi connectivity index (χ1) is 14.1. The first-order valence-electron chi connectivity index (χ1n) is 9.67. The normalized spacial score (nSPS) is 13.0. The summed E-state index contributed by atoms with van der Waals surface area (Å²) in [7, 11) is 1.51. The molecule has 3 rings (SSSR count). The van der Waals surface area contributed by atoms with E-state index < -0.39 is 23.3 Å². The van der Waals surface area contributed by atoms with Crippen LogP contribution >= 0.6 is 0 Å². The van der Waals surface area contributed by atoms with Crippen molar-refractivity contribution in [1.29, 1.82) is 0 Å². The number of fused-ring (bicyclic) bond motifs is 2. The molecule has 1 N–H and O–H groups in total. The van der Waals surface area contributed by atoms with E-state index in [4.69, 9.17) is 23.0 Å². The van der Waals surface area contributed by atoms with Crippen LogP contribution in [0, 0.1) is 5.92 Å². The monoisotopic (exact) mass is 418 g/mol. The van der Waals surface area contributed by atoms with Gasteiger partial charge >= 0.3 is 11.6 Å². The predicted molar refractivity (Wildman–Crippen MR) is 110 cm³/mol. The van der Waals surface area contributed by atoms with Gasteiger partial charge in [0.15, 0.2) is 17.3 Å². The van der Waals surface area contributed by atoms with E-state index in [1.165, 1.54) is 33.3 Å². The Kier molecular flexibility index (Phi) is 6.07. The Bertz CT molecular complexity index is 1100. The number of rotatable bonds is 8. The molecule has 0 saturated carbocycles. The molecule has 0 radical (unpaired) electrons. The van der Waals surface area contributed by atoms with Crippen molar-refractivity contribution in [2.24, 2.45) is 5.92 Å². The zero-order chi connectivity index (χ0) is 22.1. The van der Waals surface area contributed by atoms with Crippen molar-refractivity contribution in [1.82, 2.24) is 0 Å². The van der Waals surface area contributed by atoms with Gasteiger partial charge in [0.2, 0.25) is 5.75 Å². The quantitative estimate of drug-likeness (QED) is 0.436. The number of ether oxygens (including phenoxy) is 3. The molecule has 0 amide bonds. The summed E-state index contributed by atoms with van der Waals surface area (Å²) >= 11 is 0. The largest absolute Gasteiger partial charge is 0.495 e. The molecule has 3 aromatic rings. The average Bonchev–Trinajstić information content (AvgIpc) is 3.11. The van der Waals surface area contributed by atoms with Gasteiger partial charge in [-0.1, -0.05) is 13.8 Å². The maximum atomic E-state index is 12.1. The smallest absolute Gasteiger partial charge is 0.336 e. The molecular weight excluding hydrogens is 392 g/mol. The van der Waals surface area contributed by atoms with Gasteiger partial charge in [-0.05, 0) is 31.9 Å².